The lowest BCUT2D eigenvalue weighted by Gasteiger charge is -2.15. The van der Waals surface area contributed by atoms with Crippen molar-refractivity contribution in [2.75, 3.05) is 20.8 Å². The fourth-order valence-electron chi connectivity index (χ4n) is 3.05. The lowest BCUT2D eigenvalue weighted by molar-refractivity contribution is 0.342. The first-order chi connectivity index (χ1) is 12.5. The third-order valence-electron chi connectivity index (χ3n) is 4.24. The second-order valence-electron chi connectivity index (χ2n) is 5.75. The van der Waals surface area contributed by atoms with E-state index in [0.29, 0.717) is 40.5 Å². The van der Waals surface area contributed by atoms with E-state index in [1.807, 2.05) is 6.92 Å². The summed E-state index contributed by atoms with van der Waals surface area (Å²) < 4.78 is 32.4. The third-order valence-corrected chi connectivity index (χ3v) is 4.24. The molecule has 0 bridgehead atoms. The molecule has 0 saturated carbocycles. The minimum atomic E-state index is -0.585. The number of fused-ring (bicyclic) bond motifs is 1. The summed E-state index contributed by atoms with van der Waals surface area (Å²) >= 11 is 0. The summed E-state index contributed by atoms with van der Waals surface area (Å²) in [5.74, 6) is 0.963. The van der Waals surface area contributed by atoms with Gasteiger partial charge < -0.3 is 18.8 Å². The molecule has 136 valence electrons. The number of pyridine rings is 1. The third kappa shape index (κ3) is 2.87. The molecule has 1 aromatic heterocycles. The van der Waals surface area contributed by atoms with Crippen LogP contribution in [0.15, 0.2) is 41.3 Å². The molecular weight excluding hydrogens is 337 g/mol. The van der Waals surface area contributed by atoms with Crippen molar-refractivity contribution in [3.05, 3.63) is 52.6 Å². The Hall–Kier alpha value is -3.02. The van der Waals surface area contributed by atoms with Crippen molar-refractivity contribution in [2.24, 2.45) is 7.05 Å². The van der Waals surface area contributed by atoms with Gasteiger partial charge in [0.15, 0.2) is 5.43 Å². The van der Waals surface area contributed by atoms with Gasteiger partial charge in [0.2, 0.25) is 0 Å². The first-order valence-electron chi connectivity index (χ1n) is 8.18. The normalized spacial score (nSPS) is 10.8. The molecule has 5 nitrogen and oxygen atoms in total. The zero-order valence-electron chi connectivity index (χ0n) is 15.1. The lowest BCUT2D eigenvalue weighted by atomic mass is 10.0. The Balaban J connectivity index is 2.35. The van der Waals surface area contributed by atoms with Crippen molar-refractivity contribution in [1.82, 2.24) is 4.57 Å². The predicted octanol–water partition coefficient (Wildman–Crippen LogP) is 3.76. The number of halogens is 1. The van der Waals surface area contributed by atoms with Crippen LogP contribution in [-0.4, -0.2) is 25.4 Å². The van der Waals surface area contributed by atoms with Crippen LogP contribution in [0.5, 0.6) is 17.2 Å². The Bertz CT molecular complexity index is 1030. The maximum atomic E-state index is 14.5. The van der Waals surface area contributed by atoms with Crippen LogP contribution in [0.2, 0.25) is 0 Å². The van der Waals surface area contributed by atoms with Crippen LogP contribution >= 0.6 is 0 Å². The van der Waals surface area contributed by atoms with Gasteiger partial charge in [-0.25, -0.2) is 4.39 Å². The van der Waals surface area contributed by atoms with E-state index in [4.69, 9.17) is 14.2 Å². The van der Waals surface area contributed by atoms with Gasteiger partial charge in [0, 0.05) is 30.4 Å². The second-order valence-corrected chi connectivity index (χ2v) is 5.75. The SMILES string of the molecule is CCOc1ccc(F)c2c(=O)c(-c3ccc(OC)cc3OC)cn(C)c12. The van der Waals surface area contributed by atoms with Crippen molar-refractivity contribution in [3.8, 4) is 28.4 Å². The van der Waals surface area contributed by atoms with Crippen molar-refractivity contribution in [1.29, 1.82) is 0 Å². The van der Waals surface area contributed by atoms with E-state index in [1.54, 1.807) is 43.1 Å². The predicted molar refractivity (Wildman–Crippen MR) is 98.9 cm³/mol. The quantitative estimate of drug-likeness (QED) is 0.698. The van der Waals surface area contributed by atoms with Crippen molar-refractivity contribution in [2.45, 2.75) is 6.92 Å². The van der Waals surface area contributed by atoms with Crippen LogP contribution in [0.1, 0.15) is 6.92 Å². The van der Waals surface area contributed by atoms with Gasteiger partial charge in [-0.05, 0) is 31.2 Å². The average Bonchev–Trinajstić information content (AvgIpc) is 2.65. The molecule has 0 saturated heterocycles. The van der Waals surface area contributed by atoms with Crippen LogP contribution in [0.3, 0.4) is 0 Å². The highest BCUT2D eigenvalue weighted by molar-refractivity contribution is 5.89. The highest BCUT2D eigenvalue weighted by Crippen LogP contribution is 2.34. The number of hydrogen-bond acceptors (Lipinski definition) is 4. The molecule has 0 aliphatic rings. The highest BCUT2D eigenvalue weighted by atomic mass is 19.1. The number of aryl methyl sites for hydroxylation is 1. The van der Waals surface area contributed by atoms with Crippen LogP contribution in [0.25, 0.3) is 22.0 Å². The Kier molecular flexibility index (Phi) is 4.84. The lowest BCUT2D eigenvalue weighted by Crippen LogP contribution is -2.13. The number of benzene rings is 2. The van der Waals surface area contributed by atoms with E-state index in [0.717, 1.165) is 0 Å². The number of hydrogen-bond donors (Lipinski definition) is 0. The molecule has 0 fully saturated rings. The summed E-state index contributed by atoms with van der Waals surface area (Å²) in [6, 6.07) is 7.93. The van der Waals surface area contributed by atoms with Gasteiger partial charge in [0.05, 0.1) is 31.7 Å². The monoisotopic (exact) mass is 357 g/mol. The van der Waals surface area contributed by atoms with E-state index in [1.165, 1.54) is 19.2 Å². The minimum Gasteiger partial charge on any atom is -0.497 e. The van der Waals surface area contributed by atoms with Crippen molar-refractivity contribution >= 4 is 10.9 Å². The van der Waals surface area contributed by atoms with E-state index in [-0.39, 0.29) is 5.39 Å². The van der Waals surface area contributed by atoms with Gasteiger partial charge in [0.25, 0.3) is 0 Å². The molecule has 26 heavy (non-hydrogen) atoms. The summed E-state index contributed by atoms with van der Waals surface area (Å²) in [6.07, 6.45) is 1.66. The molecule has 0 spiro atoms. The fraction of sp³-hybridized carbons (Fsp3) is 0.250. The smallest absolute Gasteiger partial charge is 0.200 e. The highest BCUT2D eigenvalue weighted by Gasteiger charge is 2.19. The van der Waals surface area contributed by atoms with Crippen LogP contribution in [-0.2, 0) is 7.05 Å². The summed E-state index contributed by atoms with van der Waals surface area (Å²) in [6.45, 7) is 2.26. The summed E-state index contributed by atoms with van der Waals surface area (Å²) in [5, 5.41) is -0.00572. The standard InChI is InChI=1S/C20H20FNO4/c1-5-26-16-9-8-15(21)18-19(16)22(2)11-14(20(18)23)13-7-6-12(24-3)10-17(13)25-4/h6-11H,5H2,1-4H3. The molecular formula is C20H20FNO4. The van der Waals surface area contributed by atoms with Gasteiger partial charge in [-0.2, -0.15) is 0 Å². The van der Waals surface area contributed by atoms with Gasteiger partial charge in [-0.3, -0.25) is 4.79 Å². The summed E-state index contributed by atoms with van der Waals surface area (Å²) in [5.41, 5.74) is 0.915. The number of methoxy groups -OCH3 is 2. The Morgan fingerprint density at radius 2 is 1.81 bits per heavy atom. The summed E-state index contributed by atoms with van der Waals surface area (Å²) in [7, 11) is 4.81. The van der Waals surface area contributed by atoms with Gasteiger partial charge >= 0.3 is 0 Å². The molecule has 2 aromatic carbocycles. The Morgan fingerprint density at radius 1 is 1.04 bits per heavy atom. The molecule has 6 heteroatoms. The van der Waals surface area contributed by atoms with E-state index in [9.17, 15) is 9.18 Å². The topological polar surface area (TPSA) is 49.7 Å². The van der Waals surface area contributed by atoms with Gasteiger partial charge in [0.1, 0.15) is 23.1 Å². The zero-order chi connectivity index (χ0) is 18.8. The molecule has 0 N–H and O–H groups in total. The van der Waals surface area contributed by atoms with E-state index in [2.05, 4.69) is 0 Å². The molecule has 0 aliphatic carbocycles. The fourth-order valence-corrected chi connectivity index (χ4v) is 3.05. The Morgan fingerprint density at radius 3 is 2.46 bits per heavy atom. The zero-order valence-corrected chi connectivity index (χ0v) is 15.1. The first-order valence-corrected chi connectivity index (χ1v) is 8.18. The second kappa shape index (κ2) is 7.07. The maximum absolute atomic E-state index is 14.5. The average molecular weight is 357 g/mol. The van der Waals surface area contributed by atoms with Gasteiger partial charge in [-0.15, -0.1) is 0 Å². The molecule has 0 amide bonds. The van der Waals surface area contributed by atoms with Gasteiger partial charge in [-0.1, -0.05) is 0 Å². The Labute approximate surface area is 150 Å². The van der Waals surface area contributed by atoms with E-state index >= 15 is 0 Å². The molecule has 0 unspecified atom stereocenters. The molecule has 1 heterocycles. The largest absolute Gasteiger partial charge is 0.497 e. The minimum absolute atomic E-state index is 0.00572. The molecule has 0 radical (unpaired) electrons. The number of aromatic nitrogens is 1. The number of rotatable bonds is 5. The van der Waals surface area contributed by atoms with Crippen LogP contribution in [0.4, 0.5) is 4.39 Å². The maximum Gasteiger partial charge on any atom is 0.200 e. The van der Waals surface area contributed by atoms with Crippen LogP contribution in [0, 0.1) is 5.82 Å². The number of nitrogens with zero attached hydrogens (tertiary/aromatic N) is 1. The van der Waals surface area contributed by atoms with Crippen LogP contribution < -0.4 is 19.6 Å². The molecule has 0 atom stereocenters. The summed E-state index contributed by atoms with van der Waals surface area (Å²) in [4.78, 5) is 13.1. The molecule has 0 aliphatic heterocycles. The van der Waals surface area contributed by atoms with E-state index < -0.39 is 11.2 Å². The number of ether oxygens (including phenoxy) is 3. The van der Waals surface area contributed by atoms with Crippen molar-refractivity contribution in [3.63, 3.8) is 0 Å². The molecule has 3 aromatic rings. The first kappa shape index (κ1) is 17.8. The van der Waals surface area contributed by atoms with Crippen molar-refractivity contribution < 1.29 is 18.6 Å². The molecule has 3 rings (SSSR count).